The first kappa shape index (κ1) is 14.1. The molecule has 0 amide bonds. The van der Waals surface area contributed by atoms with Gasteiger partial charge in [-0.2, -0.15) is 0 Å². The highest BCUT2D eigenvalue weighted by molar-refractivity contribution is 5.47. The Bertz CT molecular complexity index is 403. The van der Waals surface area contributed by atoms with Gasteiger partial charge in [-0.05, 0) is 25.5 Å². The average molecular weight is 266 g/mol. The molecule has 0 saturated carbocycles. The zero-order valence-electron chi connectivity index (χ0n) is 11.7. The summed E-state index contributed by atoms with van der Waals surface area (Å²) in [6.45, 7) is 2.84. The Hall–Kier alpha value is -1.30. The van der Waals surface area contributed by atoms with Crippen molar-refractivity contribution in [2.75, 3.05) is 20.8 Å². The lowest BCUT2D eigenvalue weighted by molar-refractivity contribution is 0.0947. The zero-order chi connectivity index (χ0) is 13.8. The second-order valence-electron chi connectivity index (χ2n) is 4.75. The molecule has 0 spiro atoms. The number of hydrogen-bond acceptors (Lipinski definition) is 5. The first-order valence-corrected chi connectivity index (χ1v) is 6.51. The Balaban J connectivity index is 2.41. The molecule has 1 aromatic carbocycles. The molecule has 19 heavy (non-hydrogen) atoms. The predicted octanol–water partition coefficient (Wildman–Crippen LogP) is 1.63. The summed E-state index contributed by atoms with van der Waals surface area (Å²) in [4.78, 5) is 0. The van der Waals surface area contributed by atoms with Crippen molar-refractivity contribution in [2.24, 2.45) is 11.8 Å². The van der Waals surface area contributed by atoms with Gasteiger partial charge in [0.2, 0.25) is 0 Å². The number of hydrazine groups is 1. The average Bonchev–Trinajstić information content (AvgIpc) is 2.86. The van der Waals surface area contributed by atoms with E-state index in [0.29, 0.717) is 5.92 Å². The van der Waals surface area contributed by atoms with E-state index in [0.717, 1.165) is 30.1 Å². The lowest BCUT2D eigenvalue weighted by Gasteiger charge is -2.28. The fourth-order valence-corrected chi connectivity index (χ4v) is 2.79. The summed E-state index contributed by atoms with van der Waals surface area (Å²) in [5.74, 6) is 7.64. The minimum Gasteiger partial charge on any atom is -0.496 e. The standard InChI is InChI=1S/C14H22N2O3/c1-9-10(7-8-19-9)14(16-15)13-11(17-2)5-4-6-12(13)18-3/h4-6,9-10,14,16H,7-8,15H2,1-3H3. The second-order valence-corrected chi connectivity index (χ2v) is 4.75. The fourth-order valence-electron chi connectivity index (χ4n) is 2.79. The molecule has 0 radical (unpaired) electrons. The van der Waals surface area contributed by atoms with Gasteiger partial charge < -0.3 is 14.2 Å². The molecule has 1 saturated heterocycles. The van der Waals surface area contributed by atoms with Crippen LogP contribution in [0.4, 0.5) is 0 Å². The minimum atomic E-state index is -0.0522. The highest BCUT2D eigenvalue weighted by Crippen LogP contribution is 2.41. The van der Waals surface area contributed by atoms with E-state index in [9.17, 15) is 0 Å². The van der Waals surface area contributed by atoms with E-state index in [2.05, 4.69) is 12.3 Å². The fraction of sp³-hybridized carbons (Fsp3) is 0.571. The largest absolute Gasteiger partial charge is 0.496 e. The Morgan fingerprint density at radius 2 is 1.95 bits per heavy atom. The summed E-state index contributed by atoms with van der Waals surface area (Å²) in [7, 11) is 3.31. The van der Waals surface area contributed by atoms with Crippen LogP contribution >= 0.6 is 0 Å². The van der Waals surface area contributed by atoms with E-state index >= 15 is 0 Å². The van der Waals surface area contributed by atoms with Gasteiger partial charge in [-0.15, -0.1) is 0 Å². The molecule has 2 rings (SSSR count). The number of rotatable bonds is 5. The lowest BCUT2D eigenvalue weighted by atomic mass is 9.87. The van der Waals surface area contributed by atoms with Crippen LogP contribution in [0.25, 0.3) is 0 Å². The van der Waals surface area contributed by atoms with Gasteiger partial charge >= 0.3 is 0 Å². The molecule has 3 unspecified atom stereocenters. The van der Waals surface area contributed by atoms with Crippen molar-refractivity contribution < 1.29 is 14.2 Å². The van der Waals surface area contributed by atoms with Crippen LogP contribution in [-0.2, 0) is 4.74 Å². The Kier molecular flexibility index (Phi) is 4.63. The summed E-state index contributed by atoms with van der Waals surface area (Å²) in [6.07, 6.45) is 1.13. The second kappa shape index (κ2) is 6.23. The molecule has 3 atom stereocenters. The van der Waals surface area contributed by atoms with E-state index in [1.807, 2.05) is 18.2 Å². The van der Waals surface area contributed by atoms with Gasteiger partial charge in [0, 0.05) is 12.5 Å². The predicted molar refractivity (Wildman–Crippen MR) is 73.1 cm³/mol. The van der Waals surface area contributed by atoms with E-state index in [1.54, 1.807) is 14.2 Å². The van der Waals surface area contributed by atoms with Crippen molar-refractivity contribution in [1.82, 2.24) is 5.43 Å². The molecule has 5 nitrogen and oxygen atoms in total. The first-order valence-electron chi connectivity index (χ1n) is 6.51. The Morgan fingerprint density at radius 1 is 1.32 bits per heavy atom. The number of benzene rings is 1. The summed E-state index contributed by atoms with van der Waals surface area (Å²) < 4.78 is 16.5. The monoisotopic (exact) mass is 266 g/mol. The molecule has 5 heteroatoms. The van der Waals surface area contributed by atoms with Crippen LogP contribution in [-0.4, -0.2) is 26.9 Å². The topological polar surface area (TPSA) is 65.7 Å². The van der Waals surface area contributed by atoms with Crippen LogP contribution in [0.1, 0.15) is 24.9 Å². The van der Waals surface area contributed by atoms with Crippen LogP contribution in [0, 0.1) is 5.92 Å². The summed E-state index contributed by atoms with van der Waals surface area (Å²) in [5.41, 5.74) is 3.86. The first-order chi connectivity index (χ1) is 9.22. The molecule has 106 valence electrons. The molecular formula is C14H22N2O3. The third-order valence-electron chi connectivity index (χ3n) is 3.82. The number of methoxy groups -OCH3 is 2. The highest BCUT2D eigenvalue weighted by atomic mass is 16.5. The summed E-state index contributed by atoms with van der Waals surface area (Å²) in [6, 6.07) is 5.69. The van der Waals surface area contributed by atoms with Crippen LogP contribution in [0.2, 0.25) is 0 Å². The minimum absolute atomic E-state index is 0.0522. The van der Waals surface area contributed by atoms with Crippen molar-refractivity contribution in [3.8, 4) is 11.5 Å². The SMILES string of the molecule is COc1cccc(OC)c1C(NN)C1CCOC1C. The Morgan fingerprint density at radius 3 is 2.37 bits per heavy atom. The van der Waals surface area contributed by atoms with Gasteiger partial charge in [-0.25, -0.2) is 0 Å². The van der Waals surface area contributed by atoms with Crippen molar-refractivity contribution in [3.63, 3.8) is 0 Å². The number of nitrogens with one attached hydrogen (secondary N) is 1. The van der Waals surface area contributed by atoms with E-state index < -0.39 is 0 Å². The zero-order valence-corrected chi connectivity index (χ0v) is 11.7. The van der Waals surface area contributed by atoms with Crippen molar-refractivity contribution >= 4 is 0 Å². The van der Waals surface area contributed by atoms with Crippen molar-refractivity contribution in [2.45, 2.75) is 25.5 Å². The number of nitrogens with two attached hydrogens (primary N) is 1. The Labute approximate surface area is 114 Å². The van der Waals surface area contributed by atoms with E-state index in [4.69, 9.17) is 20.1 Å². The third-order valence-corrected chi connectivity index (χ3v) is 3.82. The molecule has 1 aliphatic heterocycles. The molecule has 1 fully saturated rings. The smallest absolute Gasteiger partial charge is 0.127 e. The van der Waals surface area contributed by atoms with Gasteiger partial charge in [-0.1, -0.05) is 6.07 Å². The maximum atomic E-state index is 5.78. The molecule has 0 bridgehead atoms. The van der Waals surface area contributed by atoms with Gasteiger partial charge in [0.05, 0.1) is 31.9 Å². The van der Waals surface area contributed by atoms with Gasteiger partial charge in [0.1, 0.15) is 11.5 Å². The normalized spacial score (nSPS) is 24.2. The number of hydrogen-bond donors (Lipinski definition) is 2. The van der Waals surface area contributed by atoms with Gasteiger partial charge in [0.25, 0.3) is 0 Å². The van der Waals surface area contributed by atoms with E-state index in [-0.39, 0.29) is 12.1 Å². The van der Waals surface area contributed by atoms with Crippen molar-refractivity contribution in [1.29, 1.82) is 0 Å². The maximum Gasteiger partial charge on any atom is 0.127 e. The van der Waals surface area contributed by atoms with Gasteiger partial charge in [-0.3, -0.25) is 11.3 Å². The van der Waals surface area contributed by atoms with E-state index in [1.165, 1.54) is 0 Å². The molecule has 3 N–H and O–H groups in total. The third kappa shape index (κ3) is 2.68. The summed E-state index contributed by atoms with van der Waals surface area (Å²) in [5, 5.41) is 0. The molecule has 0 aliphatic carbocycles. The van der Waals surface area contributed by atoms with Crippen LogP contribution < -0.4 is 20.7 Å². The number of ether oxygens (including phenoxy) is 3. The molecule has 1 aromatic rings. The lowest BCUT2D eigenvalue weighted by Crippen LogP contribution is -2.36. The molecular weight excluding hydrogens is 244 g/mol. The molecule has 1 aliphatic rings. The quantitative estimate of drug-likeness (QED) is 0.626. The highest BCUT2D eigenvalue weighted by Gasteiger charge is 2.35. The van der Waals surface area contributed by atoms with Crippen LogP contribution in [0.5, 0.6) is 11.5 Å². The van der Waals surface area contributed by atoms with Gasteiger partial charge in [0.15, 0.2) is 0 Å². The van der Waals surface area contributed by atoms with Crippen LogP contribution in [0.3, 0.4) is 0 Å². The van der Waals surface area contributed by atoms with Crippen LogP contribution in [0.15, 0.2) is 18.2 Å². The molecule has 1 heterocycles. The maximum absolute atomic E-state index is 5.78. The van der Waals surface area contributed by atoms with Crippen molar-refractivity contribution in [3.05, 3.63) is 23.8 Å². The summed E-state index contributed by atoms with van der Waals surface area (Å²) >= 11 is 0. The molecule has 0 aromatic heterocycles.